The van der Waals surface area contributed by atoms with Gasteiger partial charge in [0.15, 0.2) is 0 Å². The average Bonchev–Trinajstić information content (AvgIpc) is 3.09. The summed E-state index contributed by atoms with van der Waals surface area (Å²) in [6.07, 6.45) is 5.63. The summed E-state index contributed by atoms with van der Waals surface area (Å²) in [5.74, 6) is 0.310. The number of hydrogen-bond acceptors (Lipinski definition) is 3. The quantitative estimate of drug-likeness (QED) is 0.807. The number of nitrogens with zero attached hydrogens (tertiary/aromatic N) is 1. The molecule has 2 aliphatic rings. The van der Waals surface area contributed by atoms with E-state index in [1.165, 1.54) is 24.8 Å². The Kier molecular flexibility index (Phi) is 5.44. The number of primary amides is 1. The largest absolute Gasteiger partial charge is 0.368 e. The van der Waals surface area contributed by atoms with Crippen molar-refractivity contribution in [3.63, 3.8) is 0 Å². The smallest absolute Gasteiger partial charge is 0.255 e. The zero-order valence-electron chi connectivity index (χ0n) is 16.1. The van der Waals surface area contributed by atoms with Crippen LogP contribution >= 0.6 is 0 Å². The lowest BCUT2D eigenvalue weighted by Gasteiger charge is -2.25. The Labute approximate surface area is 165 Å². The third-order valence-electron chi connectivity index (χ3n) is 6.01. The maximum Gasteiger partial charge on any atom is 0.255 e. The van der Waals surface area contributed by atoms with Crippen LogP contribution in [0.25, 0.3) is 0 Å². The molecule has 1 heterocycles. The first-order chi connectivity index (χ1) is 13.6. The Balaban J connectivity index is 1.40. The molecule has 2 aromatic rings. The third kappa shape index (κ3) is 4.09. The molecule has 2 amide bonds. The lowest BCUT2D eigenvalue weighted by atomic mass is 9.80. The van der Waals surface area contributed by atoms with Gasteiger partial charge in [-0.3, -0.25) is 14.5 Å². The zero-order chi connectivity index (χ0) is 19.5. The number of nitrogens with two attached hydrogens (primary N) is 1. The van der Waals surface area contributed by atoms with E-state index >= 15 is 0 Å². The number of nitrogens with one attached hydrogen (secondary N) is 1. The summed E-state index contributed by atoms with van der Waals surface area (Å²) in [7, 11) is 0. The number of carbonyl (C=O) groups excluding carboxylic acids is 2. The molecule has 3 N–H and O–H groups in total. The molecule has 0 spiro atoms. The molecule has 0 radical (unpaired) electrons. The summed E-state index contributed by atoms with van der Waals surface area (Å²) < 4.78 is 0. The molecule has 2 aromatic carbocycles. The molecule has 1 aliphatic heterocycles. The normalized spacial score (nSPS) is 19.9. The van der Waals surface area contributed by atoms with Crippen molar-refractivity contribution in [2.45, 2.75) is 50.6 Å². The first-order valence-electron chi connectivity index (χ1n) is 10.1. The summed E-state index contributed by atoms with van der Waals surface area (Å²) in [5, 5.41) is 2.99. The monoisotopic (exact) mass is 377 g/mol. The molecular formula is C23H27N3O2. The van der Waals surface area contributed by atoms with Crippen LogP contribution in [0.3, 0.4) is 0 Å². The second kappa shape index (κ2) is 8.15. The van der Waals surface area contributed by atoms with Crippen molar-refractivity contribution in [1.29, 1.82) is 0 Å². The van der Waals surface area contributed by atoms with Crippen LogP contribution in [0.5, 0.6) is 0 Å². The number of likely N-dealkylation sites (tertiary alicyclic amines) is 1. The standard InChI is InChI=1S/C23H27N3O2/c24-22(27)21-8-3-13-26(21)15-16-4-1-7-20(14-16)25-23(28)19-11-9-18(10-12-19)17-5-2-6-17/h1,4,7,9-12,14,17,21H,2-3,5-6,8,13,15H2,(H2,24,27)(H,25,28)/t21-/m0/s1. The van der Waals surface area contributed by atoms with Gasteiger partial charge >= 0.3 is 0 Å². The van der Waals surface area contributed by atoms with Crippen LogP contribution < -0.4 is 11.1 Å². The van der Waals surface area contributed by atoms with E-state index in [1.807, 2.05) is 36.4 Å². The predicted octanol–water partition coefficient (Wildman–Crippen LogP) is 3.66. The van der Waals surface area contributed by atoms with E-state index < -0.39 is 0 Å². The fraction of sp³-hybridized carbons (Fsp3) is 0.391. The van der Waals surface area contributed by atoms with E-state index in [0.717, 1.165) is 30.6 Å². The number of amides is 2. The van der Waals surface area contributed by atoms with Gasteiger partial charge < -0.3 is 11.1 Å². The summed E-state index contributed by atoms with van der Waals surface area (Å²) >= 11 is 0. The van der Waals surface area contributed by atoms with E-state index in [-0.39, 0.29) is 17.9 Å². The number of hydrogen-bond donors (Lipinski definition) is 2. The Morgan fingerprint density at radius 2 is 1.82 bits per heavy atom. The average molecular weight is 377 g/mol. The summed E-state index contributed by atoms with van der Waals surface area (Å²) in [5.41, 5.74) is 9.33. The van der Waals surface area contributed by atoms with Crippen LogP contribution in [0.1, 0.15) is 59.5 Å². The zero-order valence-corrected chi connectivity index (χ0v) is 16.1. The van der Waals surface area contributed by atoms with Gasteiger partial charge in [0, 0.05) is 17.8 Å². The van der Waals surface area contributed by atoms with Crippen molar-refractivity contribution < 1.29 is 9.59 Å². The molecule has 0 aromatic heterocycles. The van der Waals surface area contributed by atoms with Crippen LogP contribution in [0.2, 0.25) is 0 Å². The molecule has 5 nitrogen and oxygen atoms in total. The van der Waals surface area contributed by atoms with E-state index in [4.69, 9.17) is 5.73 Å². The van der Waals surface area contributed by atoms with Crippen LogP contribution in [-0.2, 0) is 11.3 Å². The molecule has 1 saturated heterocycles. The Hall–Kier alpha value is -2.66. The minimum Gasteiger partial charge on any atom is -0.368 e. The van der Waals surface area contributed by atoms with Gasteiger partial charge in [-0.1, -0.05) is 30.7 Å². The highest BCUT2D eigenvalue weighted by Gasteiger charge is 2.28. The van der Waals surface area contributed by atoms with Gasteiger partial charge in [0.05, 0.1) is 6.04 Å². The molecule has 0 unspecified atom stereocenters. The molecule has 2 fully saturated rings. The maximum atomic E-state index is 12.6. The Morgan fingerprint density at radius 3 is 2.50 bits per heavy atom. The summed E-state index contributed by atoms with van der Waals surface area (Å²) in [4.78, 5) is 26.3. The topological polar surface area (TPSA) is 75.4 Å². The molecule has 4 rings (SSSR count). The minimum atomic E-state index is -0.257. The van der Waals surface area contributed by atoms with Crippen molar-refractivity contribution in [2.75, 3.05) is 11.9 Å². The van der Waals surface area contributed by atoms with Crippen molar-refractivity contribution in [2.24, 2.45) is 5.73 Å². The fourth-order valence-corrected chi connectivity index (χ4v) is 4.17. The van der Waals surface area contributed by atoms with E-state index in [0.29, 0.717) is 18.0 Å². The first kappa shape index (κ1) is 18.7. The number of benzene rings is 2. The van der Waals surface area contributed by atoms with Crippen molar-refractivity contribution >= 4 is 17.5 Å². The highest BCUT2D eigenvalue weighted by Crippen LogP contribution is 2.36. The number of rotatable bonds is 6. The Morgan fingerprint density at radius 1 is 1.04 bits per heavy atom. The van der Waals surface area contributed by atoms with Crippen LogP contribution in [0.4, 0.5) is 5.69 Å². The second-order valence-electron chi connectivity index (χ2n) is 7.94. The van der Waals surface area contributed by atoms with Gasteiger partial charge in [-0.05, 0) is 73.5 Å². The molecule has 0 bridgehead atoms. The minimum absolute atomic E-state index is 0.103. The predicted molar refractivity (Wildman–Crippen MR) is 110 cm³/mol. The highest BCUT2D eigenvalue weighted by molar-refractivity contribution is 6.04. The fourth-order valence-electron chi connectivity index (χ4n) is 4.17. The molecule has 146 valence electrons. The van der Waals surface area contributed by atoms with Crippen LogP contribution in [0.15, 0.2) is 48.5 Å². The summed E-state index contributed by atoms with van der Waals surface area (Å²) in [6.45, 7) is 1.53. The van der Waals surface area contributed by atoms with Crippen LogP contribution in [0, 0.1) is 0 Å². The van der Waals surface area contributed by atoms with Crippen molar-refractivity contribution in [1.82, 2.24) is 4.90 Å². The van der Waals surface area contributed by atoms with E-state index in [9.17, 15) is 9.59 Å². The van der Waals surface area contributed by atoms with E-state index in [1.54, 1.807) is 0 Å². The molecule has 5 heteroatoms. The van der Waals surface area contributed by atoms with Gasteiger partial charge in [-0.15, -0.1) is 0 Å². The van der Waals surface area contributed by atoms with Crippen molar-refractivity contribution in [3.8, 4) is 0 Å². The SMILES string of the molecule is NC(=O)[C@@H]1CCCN1Cc1cccc(NC(=O)c2ccc(C3CCC3)cc2)c1. The first-order valence-corrected chi connectivity index (χ1v) is 10.1. The highest BCUT2D eigenvalue weighted by atomic mass is 16.2. The van der Waals surface area contributed by atoms with Gasteiger partial charge in [-0.2, -0.15) is 0 Å². The molecule has 1 saturated carbocycles. The second-order valence-corrected chi connectivity index (χ2v) is 7.94. The van der Waals surface area contributed by atoms with Crippen LogP contribution in [-0.4, -0.2) is 29.3 Å². The van der Waals surface area contributed by atoms with Gasteiger partial charge in [0.25, 0.3) is 5.91 Å². The maximum absolute atomic E-state index is 12.6. The molecular weight excluding hydrogens is 350 g/mol. The third-order valence-corrected chi connectivity index (χ3v) is 6.01. The van der Waals surface area contributed by atoms with Gasteiger partial charge in [-0.25, -0.2) is 0 Å². The number of anilines is 1. The summed E-state index contributed by atoms with van der Waals surface area (Å²) in [6, 6.07) is 15.6. The molecule has 28 heavy (non-hydrogen) atoms. The molecule has 1 atom stereocenters. The number of carbonyl (C=O) groups is 2. The molecule has 1 aliphatic carbocycles. The van der Waals surface area contributed by atoms with Gasteiger partial charge in [0.2, 0.25) is 5.91 Å². The Bertz CT molecular complexity index is 858. The lowest BCUT2D eigenvalue weighted by molar-refractivity contribution is -0.122. The van der Waals surface area contributed by atoms with Crippen molar-refractivity contribution in [3.05, 3.63) is 65.2 Å². The lowest BCUT2D eigenvalue weighted by Crippen LogP contribution is -2.39. The van der Waals surface area contributed by atoms with Gasteiger partial charge in [0.1, 0.15) is 0 Å². The van der Waals surface area contributed by atoms with E-state index in [2.05, 4.69) is 22.3 Å².